The lowest BCUT2D eigenvalue weighted by molar-refractivity contribution is -0.0191. The maximum atomic E-state index is 6.53. The Kier molecular flexibility index (Phi) is 6.58. The standard InChI is InChI=1S/C31H27BrN2O3/c1-2-35-25-13-8-22(9-14-25)28-19-29-27-18-24(32)12-17-30(27)37-31(34(29)33-28)23-10-15-26(16-11-23)36-20-21-6-4-3-5-7-21/h3-18,29,31H,2,19-20H2,1H3. The number of hydrogen-bond acceptors (Lipinski definition) is 5. The van der Waals surface area contributed by atoms with E-state index in [9.17, 15) is 0 Å². The zero-order valence-electron chi connectivity index (χ0n) is 20.5. The van der Waals surface area contributed by atoms with Crippen molar-refractivity contribution in [2.24, 2.45) is 5.10 Å². The number of rotatable bonds is 7. The van der Waals surface area contributed by atoms with E-state index in [0.29, 0.717) is 13.2 Å². The van der Waals surface area contributed by atoms with Crippen LogP contribution in [0.5, 0.6) is 17.2 Å². The predicted octanol–water partition coefficient (Wildman–Crippen LogP) is 7.67. The molecule has 2 unspecified atom stereocenters. The first-order valence-corrected chi connectivity index (χ1v) is 13.3. The van der Waals surface area contributed by atoms with Crippen molar-refractivity contribution in [2.45, 2.75) is 32.2 Å². The topological polar surface area (TPSA) is 43.3 Å². The molecule has 0 aliphatic carbocycles. The molecular weight excluding hydrogens is 528 g/mol. The molecule has 0 aromatic heterocycles. The molecule has 4 aromatic carbocycles. The SMILES string of the molecule is CCOc1ccc(C2=NN3C(C2)c2cc(Br)ccc2OC3c2ccc(OCc3ccccc3)cc2)cc1. The number of nitrogens with zero attached hydrogens (tertiary/aromatic N) is 2. The van der Waals surface area contributed by atoms with Crippen molar-refractivity contribution < 1.29 is 14.2 Å². The van der Waals surface area contributed by atoms with Crippen LogP contribution in [0.1, 0.15) is 47.9 Å². The van der Waals surface area contributed by atoms with Gasteiger partial charge in [-0.3, -0.25) is 0 Å². The van der Waals surface area contributed by atoms with Gasteiger partial charge in [0.15, 0.2) is 0 Å². The first-order valence-electron chi connectivity index (χ1n) is 12.5. The predicted molar refractivity (Wildman–Crippen MR) is 148 cm³/mol. The summed E-state index contributed by atoms with van der Waals surface area (Å²) in [6, 6.07) is 32.8. The van der Waals surface area contributed by atoms with Crippen LogP contribution in [-0.4, -0.2) is 17.3 Å². The van der Waals surface area contributed by atoms with Crippen molar-refractivity contribution in [2.75, 3.05) is 6.61 Å². The Morgan fingerprint density at radius 3 is 2.38 bits per heavy atom. The van der Waals surface area contributed by atoms with E-state index in [0.717, 1.165) is 56.1 Å². The van der Waals surface area contributed by atoms with Gasteiger partial charge in [0.25, 0.3) is 0 Å². The quantitative estimate of drug-likeness (QED) is 0.235. The van der Waals surface area contributed by atoms with Crippen molar-refractivity contribution >= 4 is 21.6 Å². The van der Waals surface area contributed by atoms with E-state index in [1.165, 1.54) is 0 Å². The molecule has 0 saturated heterocycles. The Morgan fingerprint density at radius 2 is 1.62 bits per heavy atom. The molecule has 0 radical (unpaired) electrons. The van der Waals surface area contributed by atoms with Gasteiger partial charge in [-0.2, -0.15) is 5.10 Å². The smallest absolute Gasteiger partial charge is 0.213 e. The number of benzene rings is 4. The molecule has 6 heteroatoms. The lowest BCUT2D eigenvalue weighted by atomic mass is 9.96. The summed E-state index contributed by atoms with van der Waals surface area (Å²) in [5.74, 6) is 2.58. The van der Waals surface area contributed by atoms with Crippen molar-refractivity contribution in [3.63, 3.8) is 0 Å². The van der Waals surface area contributed by atoms with Gasteiger partial charge in [0.05, 0.1) is 18.4 Å². The Balaban J connectivity index is 1.28. The second-order valence-electron chi connectivity index (χ2n) is 9.10. The number of fused-ring (bicyclic) bond motifs is 3. The molecule has 2 atom stereocenters. The summed E-state index contributed by atoms with van der Waals surface area (Å²) in [5, 5.41) is 7.18. The molecule has 6 rings (SSSR count). The van der Waals surface area contributed by atoms with Gasteiger partial charge in [-0.05, 0) is 84.8 Å². The summed E-state index contributed by atoms with van der Waals surface area (Å²) < 4.78 is 19.2. The van der Waals surface area contributed by atoms with Crippen LogP contribution in [0, 0.1) is 0 Å². The third-order valence-electron chi connectivity index (χ3n) is 6.66. The molecule has 0 amide bonds. The normalized spacial score (nSPS) is 17.9. The molecule has 2 aliphatic heterocycles. The summed E-state index contributed by atoms with van der Waals surface area (Å²) in [4.78, 5) is 0. The molecule has 0 bridgehead atoms. The second kappa shape index (κ2) is 10.3. The number of hydrazone groups is 1. The summed E-state index contributed by atoms with van der Waals surface area (Å²) in [7, 11) is 0. The summed E-state index contributed by atoms with van der Waals surface area (Å²) in [6.45, 7) is 3.17. The van der Waals surface area contributed by atoms with Gasteiger partial charge in [-0.1, -0.05) is 46.3 Å². The molecule has 0 spiro atoms. The Morgan fingerprint density at radius 1 is 0.892 bits per heavy atom. The molecular formula is C31H27BrN2O3. The fraction of sp³-hybridized carbons (Fsp3) is 0.194. The molecule has 0 N–H and O–H groups in total. The highest BCUT2D eigenvalue weighted by Crippen LogP contribution is 2.48. The highest BCUT2D eigenvalue weighted by molar-refractivity contribution is 9.10. The molecule has 4 aromatic rings. The molecule has 0 saturated carbocycles. The van der Waals surface area contributed by atoms with Gasteiger partial charge in [0.2, 0.25) is 6.23 Å². The largest absolute Gasteiger partial charge is 0.494 e. The van der Waals surface area contributed by atoms with E-state index in [2.05, 4.69) is 63.4 Å². The number of hydrogen-bond donors (Lipinski definition) is 0. The van der Waals surface area contributed by atoms with Gasteiger partial charge in [0, 0.05) is 22.0 Å². The summed E-state index contributed by atoms with van der Waals surface area (Å²) >= 11 is 3.63. The van der Waals surface area contributed by atoms with Crippen LogP contribution >= 0.6 is 15.9 Å². The van der Waals surface area contributed by atoms with Gasteiger partial charge in [0.1, 0.15) is 23.9 Å². The molecule has 37 heavy (non-hydrogen) atoms. The first-order chi connectivity index (χ1) is 18.2. The fourth-order valence-corrected chi connectivity index (χ4v) is 5.21. The summed E-state index contributed by atoms with van der Waals surface area (Å²) in [5.41, 5.74) is 5.44. The minimum atomic E-state index is -0.331. The zero-order valence-corrected chi connectivity index (χ0v) is 22.1. The maximum absolute atomic E-state index is 6.53. The molecule has 2 aliphatic rings. The van der Waals surface area contributed by atoms with Gasteiger partial charge in [-0.25, -0.2) is 5.01 Å². The third kappa shape index (κ3) is 4.94. The second-order valence-corrected chi connectivity index (χ2v) is 10.0. The van der Waals surface area contributed by atoms with Crippen LogP contribution in [0.3, 0.4) is 0 Å². The minimum absolute atomic E-state index is 0.0850. The average Bonchev–Trinajstić information content (AvgIpc) is 3.39. The molecule has 2 heterocycles. The maximum Gasteiger partial charge on any atom is 0.213 e. The lowest BCUT2D eigenvalue weighted by Crippen LogP contribution is -2.33. The first kappa shape index (κ1) is 23.6. The minimum Gasteiger partial charge on any atom is -0.494 e. The van der Waals surface area contributed by atoms with Crippen LogP contribution in [-0.2, 0) is 6.61 Å². The van der Waals surface area contributed by atoms with Crippen molar-refractivity contribution in [3.8, 4) is 17.2 Å². The number of halogens is 1. The fourth-order valence-electron chi connectivity index (χ4n) is 4.83. The zero-order chi connectivity index (χ0) is 25.2. The van der Waals surface area contributed by atoms with E-state index >= 15 is 0 Å². The highest BCUT2D eigenvalue weighted by Gasteiger charge is 2.41. The highest BCUT2D eigenvalue weighted by atomic mass is 79.9. The third-order valence-corrected chi connectivity index (χ3v) is 7.16. The van der Waals surface area contributed by atoms with Crippen molar-refractivity contribution in [1.82, 2.24) is 5.01 Å². The van der Waals surface area contributed by atoms with E-state index in [-0.39, 0.29) is 12.3 Å². The van der Waals surface area contributed by atoms with Crippen LogP contribution < -0.4 is 14.2 Å². The van der Waals surface area contributed by atoms with Crippen molar-refractivity contribution in [1.29, 1.82) is 0 Å². The monoisotopic (exact) mass is 554 g/mol. The summed E-state index contributed by atoms with van der Waals surface area (Å²) in [6.07, 6.45) is 0.470. The van der Waals surface area contributed by atoms with E-state index in [1.807, 2.05) is 61.5 Å². The van der Waals surface area contributed by atoms with Crippen molar-refractivity contribution in [3.05, 3.63) is 124 Å². The van der Waals surface area contributed by atoms with Gasteiger partial charge < -0.3 is 14.2 Å². The van der Waals surface area contributed by atoms with Crippen LogP contribution in [0.2, 0.25) is 0 Å². The number of ether oxygens (including phenoxy) is 3. The average molecular weight is 555 g/mol. The van der Waals surface area contributed by atoms with E-state index in [4.69, 9.17) is 19.3 Å². The Labute approximate surface area is 225 Å². The molecule has 5 nitrogen and oxygen atoms in total. The lowest BCUT2D eigenvalue weighted by Gasteiger charge is -2.38. The van der Waals surface area contributed by atoms with Gasteiger partial charge >= 0.3 is 0 Å². The molecule has 0 fully saturated rings. The van der Waals surface area contributed by atoms with Gasteiger partial charge in [-0.15, -0.1) is 0 Å². The Hall–Kier alpha value is -3.77. The van der Waals surface area contributed by atoms with E-state index < -0.39 is 0 Å². The van der Waals surface area contributed by atoms with Crippen LogP contribution in [0.15, 0.2) is 107 Å². The molecule has 186 valence electrons. The van der Waals surface area contributed by atoms with Crippen LogP contribution in [0.4, 0.5) is 0 Å². The Bertz CT molecular complexity index is 1410. The van der Waals surface area contributed by atoms with Crippen LogP contribution in [0.25, 0.3) is 0 Å². The van der Waals surface area contributed by atoms with E-state index in [1.54, 1.807) is 0 Å².